The van der Waals surface area contributed by atoms with Gasteiger partial charge in [-0.15, -0.1) is 0 Å². The third-order valence-corrected chi connectivity index (χ3v) is 4.11. The molecule has 2 aromatic rings. The molecule has 114 valence electrons. The lowest BCUT2D eigenvalue weighted by molar-refractivity contribution is 0.112. The second kappa shape index (κ2) is 7.18. The van der Waals surface area contributed by atoms with Gasteiger partial charge in [-0.05, 0) is 30.5 Å². The second-order valence-electron chi connectivity index (χ2n) is 5.77. The van der Waals surface area contributed by atoms with Crippen LogP contribution in [-0.4, -0.2) is 35.3 Å². The number of nitrogens with zero attached hydrogens (tertiary/aromatic N) is 2. The third-order valence-electron chi connectivity index (χ3n) is 4.11. The van der Waals surface area contributed by atoms with E-state index < -0.39 is 0 Å². The van der Waals surface area contributed by atoms with Crippen molar-refractivity contribution in [3.05, 3.63) is 59.8 Å². The van der Waals surface area contributed by atoms with Crippen LogP contribution >= 0.6 is 0 Å². The van der Waals surface area contributed by atoms with Gasteiger partial charge in [0.25, 0.3) is 0 Å². The summed E-state index contributed by atoms with van der Waals surface area (Å²) in [5, 5.41) is 3.46. The fourth-order valence-electron chi connectivity index (χ4n) is 2.85. The first-order chi connectivity index (χ1) is 10.8. The highest BCUT2D eigenvalue weighted by molar-refractivity contribution is 5.74. The second-order valence-corrected chi connectivity index (χ2v) is 5.77. The van der Waals surface area contributed by atoms with Crippen LogP contribution in [0.5, 0.6) is 0 Å². The molecule has 4 heteroatoms. The van der Waals surface area contributed by atoms with Crippen LogP contribution in [0.3, 0.4) is 0 Å². The Balaban J connectivity index is 1.48. The molecule has 0 radical (unpaired) electrons. The lowest BCUT2D eigenvalue weighted by atomic mass is 10.0. The van der Waals surface area contributed by atoms with Crippen LogP contribution in [0.2, 0.25) is 0 Å². The summed E-state index contributed by atoms with van der Waals surface area (Å²) in [5.41, 5.74) is 1.99. The molecule has 1 fully saturated rings. The fourth-order valence-corrected chi connectivity index (χ4v) is 2.85. The lowest BCUT2D eigenvalue weighted by Gasteiger charge is -2.32. The SMILES string of the molecule is O=Cc1ccc(NC2CCN(Cc3ccccc3)CC2)nc1. The van der Waals surface area contributed by atoms with Gasteiger partial charge in [-0.25, -0.2) is 4.98 Å². The van der Waals surface area contributed by atoms with Crippen molar-refractivity contribution in [1.82, 2.24) is 9.88 Å². The van der Waals surface area contributed by atoms with Gasteiger partial charge in [0, 0.05) is 37.4 Å². The summed E-state index contributed by atoms with van der Waals surface area (Å²) < 4.78 is 0. The van der Waals surface area contributed by atoms with E-state index in [-0.39, 0.29) is 0 Å². The van der Waals surface area contributed by atoms with Gasteiger partial charge in [0.15, 0.2) is 6.29 Å². The molecule has 0 amide bonds. The molecule has 1 N–H and O–H groups in total. The Hall–Kier alpha value is -2.20. The summed E-state index contributed by atoms with van der Waals surface area (Å²) in [4.78, 5) is 17.4. The van der Waals surface area contributed by atoms with E-state index >= 15 is 0 Å². The van der Waals surface area contributed by atoms with Crippen LogP contribution in [0.4, 0.5) is 5.82 Å². The molecule has 0 unspecified atom stereocenters. The zero-order valence-electron chi connectivity index (χ0n) is 12.6. The van der Waals surface area contributed by atoms with E-state index in [2.05, 4.69) is 45.5 Å². The van der Waals surface area contributed by atoms with E-state index in [0.717, 1.165) is 44.6 Å². The average Bonchev–Trinajstić information content (AvgIpc) is 2.58. The minimum atomic E-state index is 0.460. The van der Waals surface area contributed by atoms with Gasteiger partial charge in [0.05, 0.1) is 0 Å². The molecule has 2 heterocycles. The maximum atomic E-state index is 10.6. The molecule has 1 aromatic heterocycles. The minimum absolute atomic E-state index is 0.460. The van der Waals surface area contributed by atoms with E-state index in [0.29, 0.717) is 11.6 Å². The van der Waals surface area contributed by atoms with Gasteiger partial charge in [0.2, 0.25) is 0 Å². The number of carbonyl (C=O) groups excluding carboxylic acids is 1. The number of anilines is 1. The van der Waals surface area contributed by atoms with Crippen LogP contribution in [0, 0.1) is 0 Å². The van der Waals surface area contributed by atoms with E-state index in [1.54, 1.807) is 12.3 Å². The first kappa shape index (κ1) is 14.7. The molecular weight excluding hydrogens is 274 g/mol. The smallest absolute Gasteiger partial charge is 0.151 e. The Morgan fingerprint density at radius 3 is 2.55 bits per heavy atom. The van der Waals surface area contributed by atoms with Crippen molar-refractivity contribution in [2.75, 3.05) is 18.4 Å². The Morgan fingerprint density at radius 1 is 1.14 bits per heavy atom. The number of piperidine rings is 1. The molecule has 3 rings (SSSR count). The first-order valence-corrected chi connectivity index (χ1v) is 7.77. The highest BCUT2D eigenvalue weighted by Crippen LogP contribution is 2.17. The highest BCUT2D eigenvalue weighted by atomic mass is 16.1. The number of nitrogens with one attached hydrogen (secondary N) is 1. The number of hydrogen-bond acceptors (Lipinski definition) is 4. The number of benzene rings is 1. The van der Waals surface area contributed by atoms with Crippen molar-refractivity contribution < 1.29 is 4.79 Å². The molecule has 22 heavy (non-hydrogen) atoms. The van der Waals surface area contributed by atoms with Gasteiger partial charge < -0.3 is 5.32 Å². The zero-order chi connectivity index (χ0) is 15.2. The summed E-state index contributed by atoms with van der Waals surface area (Å²) >= 11 is 0. The number of rotatable bonds is 5. The maximum Gasteiger partial charge on any atom is 0.151 e. The van der Waals surface area contributed by atoms with Gasteiger partial charge in [0.1, 0.15) is 5.82 Å². The van der Waals surface area contributed by atoms with Crippen molar-refractivity contribution in [3.8, 4) is 0 Å². The van der Waals surface area contributed by atoms with Crippen LogP contribution in [0.15, 0.2) is 48.7 Å². The van der Waals surface area contributed by atoms with Crippen LogP contribution < -0.4 is 5.32 Å². The topological polar surface area (TPSA) is 45.2 Å². The quantitative estimate of drug-likeness (QED) is 0.861. The van der Waals surface area contributed by atoms with Crippen LogP contribution in [-0.2, 0) is 6.54 Å². The van der Waals surface area contributed by atoms with Crippen molar-refractivity contribution in [2.45, 2.75) is 25.4 Å². The predicted molar refractivity (Wildman–Crippen MR) is 88.0 cm³/mol. The van der Waals surface area contributed by atoms with E-state index in [1.807, 2.05) is 6.07 Å². The fraction of sp³-hybridized carbons (Fsp3) is 0.333. The Kier molecular flexibility index (Phi) is 4.81. The van der Waals surface area contributed by atoms with Crippen LogP contribution in [0.1, 0.15) is 28.8 Å². The summed E-state index contributed by atoms with van der Waals surface area (Å²) in [6.07, 6.45) is 4.66. The lowest BCUT2D eigenvalue weighted by Crippen LogP contribution is -2.38. The van der Waals surface area contributed by atoms with Crippen LogP contribution in [0.25, 0.3) is 0 Å². The number of carbonyl (C=O) groups is 1. The molecule has 0 atom stereocenters. The van der Waals surface area contributed by atoms with Crippen molar-refractivity contribution in [3.63, 3.8) is 0 Å². The average molecular weight is 295 g/mol. The maximum absolute atomic E-state index is 10.6. The number of likely N-dealkylation sites (tertiary alicyclic amines) is 1. The number of pyridine rings is 1. The number of hydrogen-bond donors (Lipinski definition) is 1. The molecule has 4 nitrogen and oxygen atoms in total. The van der Waals surface area contributed by atoms with Crippen molar-refractivity contribution >= 4 is 12.1 Å². The summed E-state index contributed by atoms with van der Waals surface area (Å²) in [7, 11) is 0. The van der Waals surface area contributed by atoms with Gasteiger partial charge in [-0.3, -0.25) is 9.69 Å². The molecule has 1 aromatic carbocycles. The molecule has 1 aliphatic heterocycles. The normalized spacial score (nSPS) is 16.4. The Morgan fingerprint density at radius 2 is 1.91 bits per heavy atom. The summed E-state index contributed by atoms with van der Waals surface area (Å²) in [6.45, 7) is 3.22. The standard InChI is InChI=1S/C18H21N3O/c22-14-16-6-7-18(19-12-16)20-17-8-10-21(11-9-17)13-15-4-2-1-3-5-15/h1-7,12,14,17H,8-11,13H2,(H,19,20). The Labute approximate surface area is 131 Å². The molecule has 0 bridgehead atoms. The third kappa shape index (κ3) is 3.92. The summed E-state index contributed by atoms with van der Waals surface area (Å²) in [6, 6.07) is 14.7. The van der Waals surface area contributed by atoms with E-state index in [9.17, 15) is 4.79 Å². The largest absolute Gasteiger partial charge is 0.367 e. The molecule has 0 aliphatic carbocycles. The van der Waals surface area contributed by atoms with E-state index in [1.165, 1.54) is 5.56 Å². The summed E-state index contributed by atoms with van der Waals surface area (Å²) in [5.74, 6) is 0.854. The van der Waals surface area contributed by atoms with Gasteiger partial charge in [-0.2, -0.15) is 0 Å². The molecular formula is C18H21N3O. The Bertz CT molecular complexity index is 589. The molecule has 1 aliphatic rings. The predicted octanol–water partition coefficient (Wildman–Crippen LogP) is 2.97. The monoisotopic (exact) mass is 295 g/mol. The molecule has 1 saturated heterocycles. The number of aldehydes is 1. The van der Waals surface area contributed by atoms with E-state index in [4.69, 9.17) is 0 Å². The van der Waals surface area contributed by atoms with Crippen molar-refractivity contribution in [2.24, 2.45) is 0 Å². The highest BCUT2D eigenvalue weighted by Gasteiger charge is 2.19. The van der Waals surface area contributed by atoms with Gasteiger partial charge in [-0.1, -0.05) is 30.3 Å². The van der Waals surface area contributed by atoms with Gasteiger partial charge >= 0.3 is 0 Å². The zero-order valence-corrected chi connectivity index (χ0v) is 12.6. The van der Waals surface area contributed by atoms with Crippen molar-refractivity contribution in [1.29, 1.82) is 0 Å². The molecule has 0 saturated carbocycles. The molecule has 0 spiro atoms. The minimum Gasteiger partial charge on any atom is -0.367 e. The number of aromatic nitrogens is 1. The first-order valence-electron chi connectivity index (χ1n) is 7.77.